The molecule has 1 aromatic rings. The molecule has 0 unspecified atom stereocenters. The molecule has 3 amide bonds. The second kappa shape index (κ2) is 11.2. The highest BCUT2D eigenvalue weighted by molar-refractivity contribution is 5.86. The van der Waals surface area contributed by atoms with Crippen LogP contribution in [0.5, 0.6) is 0 Å². The maximum atomic E-state index is 13.1. The number of amides is 3. The van der Waals surface area contributed by atoms with Gasteiger partial charge in [-0.3, -0.25) is 9.59 Å². The monoisotopic (exact) mass is 475 g/mol. The Morgan fingerprint density at radius 3 is 2.35 bits per heavy atom. The van der Waals surface area contributed by atoms with Gasteiger partial charge in [-0.05, 0) is 51.5 Å². The molecule has 5 atom stereocenters. The molecule has 2 aliphatic rings. The van der Waals surface area contributed by atoms with Crippen molar-refractivity contribution < 1.29 is 29.3 Å². The summed E-state index contributed by atoms with van der Waals surface area (Å²) in [4.78, 5) is 39.9. The summed E-state index contributed by atoms with van der Waals surface area (Å²) in [5.74, 6) is -1.09. The highest BCUT2D eigenvalue weighted by atomic mass is 16.6. The largest absolute Gasteiger partial charge is 0.444 e. The molecule has 188 valence electrons. The van der Waals surface area contributed by atoms with Gasteiger partial charge in [0.25, 0.3) is 0 Å². The average Bonchev–Trinajstić information content (AvgIpc) is 3.39. The molecule has 1 heterocycles. The van der Waals surface area contributed by atoms with E-state index < -0.39 is 42.4 Å². The van der Waals surface area contributed by atoms with E-state index in [-0.39, 0.29) is 24.2 Å². The standard InChI is InChI=1S/C25H37N3O6/c1-25(2,3)34-24(33)27-19(13-16-9-5-4-6-10-16)22(31)26-20(15-29)21(30)17-14-18(17)23(32)28-11-7-8-12-28/h4-6,9-10,17-21,29-30H,7-8,11-15H2,1-3H3,(H,26,31)(H,27,33)/t17-,18+,19+,20+,21-/m1/s1. The third-order valence-electron chi connectivity index (χ3n) is 6.24. The summed E-state index contributed by atoms with van der Waals surface area (Å²) >= 11 is 0. The van der Waals surface area contributed by atoms with Crippen LogP contribution in [-0.2, 0) is 20.7 Å². The van der Waals surface area contributed by atoms with Gasteiger partial charge in [0.1, 0.15) is 11.6 Å². The van der Waals surface area contributed by atoms with Gasteiger partial charge in [-0.1, -0.05) is 30.3 Å². The zero-order valence-corrected chi connectivity index (χ0v) is 20.2. The van der Waals surface area contributed by atoms with Crippen LogP contribution in [0.1, 0.15) is 45.6 Å². The number of benzene rings is 1. The Labute approximate surface area is 200 Å². The number of carbonyl (C=O) groups is 3. The Hall–Kier alpha value is -2.65. The van der Waals surface area contributed by atoms with E-state index in [0.29, 0.717) is 6.42 Å². The van der Waals surface area contributed by atoms with Crippen molar-refractivity contribution in [1.82, 2.24) is 15.5 Å². The highest BCUT2D eigenvalue weighted by Gasteiger charge is 2.51. The number of likely N-dealkylation sites (tertiary alicyclic amines) is 1. The first-order chi connectivity index (χ1) is 16.1. The molecule has 1 saturated heterocycles. The predicted octanol–water partition coefficient (Wildman–Crippen LogP) is 1.22. The zero-order valence-electron chi connectivity index (χ0n) is 20.2. The molecule has 1 aromatic carbocycles. The van der Waals surface area contributed by atoms with Crippen LogP contribution in [-0.4, -0.2) is 76.5 Å². The Balaban J connectivity index is 1.63. The molecule has 0 aromatic heterocycles. The van der Waals surface area contributed by atoms with Crippen molar-refractivity contribution in [2.45, 2.75) is 70.2 Å². The van der Waals surface area contributed by atoms with Gasteiger partial charge in [0.05, 0.1) is 18.8 Å². The van der Waals surface area contributed by atoms with Gasteiger partial charge in [-0.15, -0.1) is 0 Å². The van der Waals surface area contributed by atoms with Gasteiger partial charge in [0, 0.05) is 25.4 Å². The fraction of sp³-hybridized carbons (Fsp3) is 0.640. The number of aliphatic hydroxyl groups excluding tert-OH is 2. The molecule has 0 spiro atoms. The third-order valence-corrected chi connectivity index (χ3v) is 6.24. The second-order valence-electron chi connectivity index (χ2n) is 10.2. The topological polar surface area (TPSA) is 128 Å². The van der Waals surface area contributed by atoms with E-state index in [9.17, 15) is 24.6 Å². The van der Waals surface area contributed by atoms with Crippen LogP contribution in [0.3, 0.4) is 0 Å². The molecule has 4 N–H and O–H groups in total. The molecular formula is C25H37N3O6. The minimum Gasteiger partial charge on any atom is -0.444 e. The van der Waals surface area contributed by atoms with Crippen molar-refractivity contribution in [3.8, 4) is 0 Å². The summed E-state index contributed by atoms with van der Waals surface area (Å²) in [6.45, 7) is 6.19. The van der Waals surface area contributed by atoms with Crippen molar-refractivity contribution in [2.75, 3.05) is 19.7 Å². The SMILES string of the molecule is CC(C)(C)OC(=O)N[C@@H](Cc1ccccc1)C(=O)N[C@@H](CO)[C@H](O)[C@@H]1C[C@@H]1C(=O)N1CCCC1. The second-order valence-corrected chi connectivity index (χ2v) is 10.2. The quantitative estimate of drug-likeness (QED) is 0.425. The number of hydrogen-bond donors (Lipinski definition) is 4. The van der Waals surface area contributed by atoms with Gasteiger partial charge in [0.2, 0.25) is 11.8 Å². The Bertz CT molecular complexity index is 850. The van der Waals surface area contributed by atoms with E-state index >= 15 is 0 Å². The van der Waals surface area contributed by atoms with Gasteiger partial charge in [-0.2, -0.15) is 0 Å². The summed E-state index contributed by atoms with van der Waals surface area (Å²) in [6, 6.07) is 7.29. The molecule has 3 rings (SSSR count). The van der Waals surface area contributed by atoms with E-state index in [4.69, 9.17) is 4.74 Å². The summed E-state index contributed by atoms with van der Waals surface area (Å²) in [5.41, 5.74) is 0.100. The van der Waals surface area contributed by atoms with Gasteiger partial charge in [-0.25, -0.2) is 4.79 Å². The lowest BCUT2D eigenvalue weighted by molar-refractivity contribution is -0.132. The van der Waals surface area contributed by atoms with Gasteiger partial charge >= 0.3 is 6.09 Å². The smallest absolute Gasteiger partial charge is 0.408 e. The summed E-state index contributed by atoms with van der Waals surface area (Å²) in [5, 5.41) is 26.0. The van der Waals surface area contributed by atoms with Crippen molar-refractivity contribution in [1.29, 1.82) is 0 Å². The normalized spacial score (nSPS) is 22.4. The molecule has 34 heavy (non-hydrogen) atoms. The molecule has 2 fully saturated rings. The molecule has 1 aliphatic heterocycles. The summed E-state index contributed by atoms with van der Waals surface area (Å²) in [7, 11) is 0. The Kier molecular flexibility index (Phi) is 8.54. The lowest BCUT2D eigenvalue weighted by atomic mass is 10.0. The lowest BCUT2D eigenvalue weighted by Gasteiger charge is -2.27. The lowest BCUT2D eigenvalue weighted by Crippen LogP contribution is -2.55. The molecule has 9 nitrogen and oxygen atoms in total. The summed E-state index contributed by atoms with van der Waals surface area (Å²) in [6.07, 6.45) is 0.933. The first kappa shape index (κ1) is 26.0. The molecule has 1 aliphatic carbocycles. The minimum absolute atomic E-state index is 0.0399. The molecule has 0 bridgehead atoms. The van der Waals surface area contributed by atoms with Gasteiger partial charge < -0.3 is 30.5 Å². The van der Waals surface area contributed by atoms with Crippen LogP contribution >= 0.6 is 0 Å². The summed E-state index contributed by atoms with van der Waals surface area (Å²) < 4.78 is 5.30. The molecular weight excluding hydrogens is 438 g/mol. The predicted molar refractivity (Wildman–Crippen MR) is 126 cm³/mol. The van der Waals surface area contributed by atoms with Crippen molar-refractivity contribution in [2.24, 2.45) is 11.8 Å². The van der Waals surface area contributed by atoms with Crippen molar-refractivity contribution >= 4 is 17.9 Å². The Morgan fingerprint density at radius 2 is 1.76 bits per heavy atom. The number of carbonyl (C=O) groups excluding carboxylic acids is 3. The van der Waals surface area contributed by atoms with Crippen molar-refractivity contribution in [3.63, 3.8) is 0 Å². The van der Waals surface area contributed by atoms with E-state index in [1.54, 1.807) is 20.8 Å². The number of aliphatic hydroxyl groups is 2. The third kappa shape index (κ3) is 7.17. The first-order valence-electron chi connectivity index (χ1n) is 12.0. The number of ether oxygens (including phenoxy) is 1. The first-order valence-corrected chi connectivity index (χ1v) is 12.0. The fourth-order valence-corrected chi connectivity index (χ4v) is 4.38. The zero-order chi connectivity index (χ0) is 24.9. The highest BCUT2D eigenvalue weighted by Crippen LogP contribution is 2.44. The van der Waals surface area contributed by atoms with Crippen LogP contribution in [0.2, 0.25) is 0 Å². The van der Waals surface area contributed by atoms with Crippen LogP contribution < -0.4 is 10.6 Å². The fourth-order valence-electron chi connectivity index (χ4n) is 4.38. The van der Waals surface area contributed by atoms with E-state index in [0.717, 1.165) is 31.5 Å². The van der Waals surface area contributed by atoms with Crippen LogP contribution in [0, 0.1) is 11.8 Å². The van der Waals surface area contributed by atoms with E-state index in [1.165, 1.54) is 0 Å². The minimum atomic E-state index is -1.07. The number of hydrogen-bond acceptors (Lipinski definition) is 6. The van der Waals surface area contributed by atoms with E-state index in [1.807, 2.05) is 35.2 Å². The maximum absolute atomic E-state index is 13.1. The van der Waals surface area contributed by atoms with E-state index in [2.05, 4.69) is 10.6 Å². The van der Waals surface area contributed by atoms with Crippen LogP contribution in [0.25, 0.3) is 0 Å². The number of alkyl carbamates (subject to hydrolysis) is 1. The van der Waals surface area contributed by atoms with Crippen LogP contribution in [0.4, 0.5) is 4.79 Å². The molecule has 1 saturated carbocycles. The molecule has 9 heteroatoms. The maximum Gasteiger partial charge on any atom is 0.408 e. The average molecular weight is 476 g/mol. The molecule has 0 radical (unpaired) electrons. The van der Waals surface area contributed by atoms with Crippen LogP contribution in [0.15, 0.2) is 30.3 Å². The number of nitrogens with zero attached hydrogens (tertiary/aromatic N) is 1. The Morgan fingerprint density at radius 1 is 1.12 bits per heavy atom. The van der Waals surface area contributed by atoms with Crippen molar-refractivity contribution in [3.05, 3.63) is 35.9 Å². The van der Waals surface area contributed by atoms with Gasteiger partial charge in [0.15, 0.2) is 0 Å². The number of nitrogens with one attached hydrogen (secondary N) is 2. The number of rotatable bonds is 9.